The molecule has 2 heterocycles. The molecule has 76 valence electrons. The number of halogens is 1. The summed E-state index contributed by atoms with van der Waals surface area (Å²) in [6, 6.07) is 12.4. The van der Waals surface area contributed by atoms with E-state index in [2.05, 4.69) is 40.7 Å². The molecule has 0 fully saturated rings. The summed E-state index contributed by atoms with van der Waals surface area (Å²) in [5.41, 5.74) is 1.10. The van der Waals surface area contributed by atoms with Crippen molar-refractivity contribution in [1.29, 1.82) is 0 Å². The molecule has 3 rings (SSSR count). The van der Waals surface area contributed by atoms with Crippen LogP contribution in [-0.4, -0.2) is 4.98 Å². The minimum absolute atomic E-state index is 0. The Balaban J connectivity index is 0.000000853. The molecule has 0 saturated heterocycles. The van der Waals surface area contributed by atoms with Gasteiger partial charge in [-0.1, -0.05) is 18.2 Å². The van der Waals surface area contributed by atoms with Crippen molar-refractivity contribution < 1.29 is 0 Å². The van der Waals surface area contributed by atoms with Gasteiger partial charge in [0.1, 0.15) is 5.01 Å². The lowest BCUT2D eigenvalue weighted by molar-refractivity contribution is 1.50. The van der Waals surface area contributed by atoms with Crippen molar-refractivity contribution in [3.63, 3.8) is 0 Å². The Hall–Kier alpha value is -0.710. The number of fused-ring (bicyclic) bond motifs is 1. The van der Waals surface area contributed by atoms with E-state index in [1.165, 1.54) is 9.58 Å². The van der Waals surface area contributed by atoms with Gasteiger partial charge in [-0.3, -0.25) is 0 Å². The third kappa shape index (κ3) is 1.97. The second-order valence-electron chi connectivity index (χ2n) is 2.96. The first kappa shape index (κ1) is 10.8. The van der Waals surface area contributed by atoms with Crippen LogP contribution < -0.4 is 0 Å². The lowest BCUT2D eigenvalue weighted by Crippen LogP contribution is -1.67. The van der Waals surface area contributed by atoms with Gasteiger partial charge in [0.2, 0.25) is 0 Å². The van der Waals surface area contributed by atoms with Crippen molar-refractivity contribution in [3.8, 4) is 9.88 Å². The van der Waals surface area contributed by atoms with E-state index < -0.39 is 0 Å². The summed E-state index contributed by atoms with van der Waals surface area (Å²) in [5.74, 6) is 0. The van der Waals surface area contributed by atoms with Gasteiger partial charge in [-0.2, -0.15) is 0 Å². The fourth-order valence-corrected chi connectivity index (χ4v) is 3.14. The minimum Gasteiger partial charge on any atom is -0.235 e. The van der Waals surface area contributed by atoms with Gasteiger partial charge >= 0.3 is 0 Å². The Bertz CT molecular complexity index is 524. The second-order valence-corrected chi connectivity index (χ2v) is 4.94. The van der Waals surface area contributed by atoms with Crippen LogP contribution in [0.15, 0.2) is 41.8 Å². The van der Waals surface area contributed by atoms with Crippen molar-refractivity contribution in [1.82, 2.24) is 4.98 Å². The van der Waals surface area contributed by atoms with Crippen LogP contribution in [0.3, 0.4) is 0 Å². The van der Waals surface area contributed by atoms with Crippen LogP contribution in [0.2, 0.25) is 0 Å². The molecule has 1 aromatic carbocycles. The summed E-state index contributed by atoms with van der Waals surface area (Å²) < 4.78 is 1.26. The number of thiophene rings is 1. The Morgan fingerprint density at radius 3 is 2.60 bits per heavy atom. The van der Waals surface area contributed by atoms with Crippen LogP contribution in [0, 0.1) is 0 Å². The van der Waals surface area contributed by atoms with Gasteiger partial charge in [0.15, 0.2) is 0 Å². The van der Waals surface area contributed by atoms with Gasteiger partial charge in [-0.15, -0.1) is 39.7 Å². The van der Waals surface area contributed by atoms with Crippen LogP contribution in [0.25, 0.3) is 20.1 Å². The molecule has 1 nitrogen and oxygen atoms in total. The third-order valence-electron chi connectivity index (χ3n) is 2.03. The maximum absolute atomic E-state index is 4.58. The number of hydrogen-bond acceptors (Lipinski definition) is 3. The molecule has 0 bridgehead atoms. The highest BCUT2D eigenvalue weighted by molar-refractivity contribution is 8.93. The van der Waals surface area contributed by atoms with Crippen molar-refractivity contribution in [2.75, 3.05) is 0 Å². The van der Waals surface area contributed by atoms with Gasteiger partial charge in [0.05, 0.1) is 15.1 Å². The van der Waals surface area contributed by atoms with Crippen LogP contribution in [0.1, 0.15) is 0 Å². The molecule has 0 spiro atoms. The fraction of sp³-hybridized carbons (Fsp3) is 0. The molecule has 0 aliphatic heterocycles. The monoisotopic (exact) mass is 297 g/mol. The summed E-state index contributed by atoms with van der Waals surface area (Å²) in [5, 5.41) is 3.21. The second kappa shape index (κ2) is 4.43. The smallest absolute Gasteiger partial charge is 0.134 e. The Labute approximate surface area is 106 Å². The lowest BCUT2D eigenvalue weighted by atomic mass is 10.3. The number of aromatic nitrogens is 1. The summed E-state index contributed by atoms with van der Waals surface area (Å²) in [6.45, 7) is 0. The highest BCUT2D eigenvalue weighted by Gasteiger charge is 2.05. The average molecular weight is 298 g/mol. The van der Waals surface area contributed by atoms with E-state index in [4.69, 9.17) is 0 Å². The fourth-order valence-electron chi connectivity index (χ4n) is 1.38. The molecular formula is C11H8BrNS2. The normalized spacial score (nSPS) is 10.1. The maximum atomic E-state index is 4.58. The van der Waals surface area contributed by atoms with E-state index in [9.17, 15) is 0 Å². The van der Waals surface area contributed by atoms with Gasteiger partial charge < -0.3 is 0 Å². The van der Waals surface area contributed by atoms with Crippen LogP contribution >= 0.6 is 39.7 Å². The summed E-state index contributed by atoms with van der Waals surface area (Å²) in [7, 11) is 0. The number of rotatable bonds is 1. The summed E-state index contributed by atoms with van der Waals surface area (Å²) in [6.07, 6.45) is 0. The standard InChI is InChI=1S/C11H7NS2.BrH/c1-2-5-9-8(4-1)12-11(14-9)10-6-3-7-13-10;/h1-7H;1H. The first-order chi connectivity index (χ1) is 6.93. The number of thiazole rings is 1. The van der Waals surface area contributed by atoms with Gasteiger partial charge in [-0.05, 0) is 23.6 Å². The molecule has 4 heteroatoms. The predicted octanol–water partition coefficient (Wildman–Crippen LogP) is 4.60. The molecule has 15 heavy (non-hydrogen) atoms. The summed E-state index contributed by atoms with van der Waals surface area (Å²) in [4.78, 5) is 5.84. The van der Waals surface area contributed by atoms with E-state index in [-0.39, 0.29) is 17.0 Å². The maximum Gasteiger partial charge on any atom is 0.134 e. The molecule has 0 radical (unpaired) electrons. The Kier molecular flexibility index (Phi) is 3.19. The van der Waals surface area contributed by atoms with Crippen molar-refractivity contribution in [3.05, 3.63) is 41.8 Å². The van der Waals surface area contributed by atoms with Crippen molar-refractivity contribution >= 4 is 49.9 Å². The zero-order chi connectivity index (χ0) is 9.38. The van der Waals surface area contributed by atoms with Crippen molar-refractivity contribution in [2.45, 2.75) is 0 Å². The first-order valence-electron chi connectivity index (χ1n) is 4.33. The number of hydrogen-bond donors (Lipinski definition) is 0. The molecule has 0 atom stereocenters. The molecule has 0 saturated carbocycles. The first-order valence-corrected chi connectivity index (χ1v) is 6.02. The quantitative estimate of drug-likeness (QED) is 0.639. The number of para-hydroxylation sites is 1. The zero-order valence-electron chi connectivity index (χ0n) is 7.71. The molecule has 3 aromatic rings. The topological polar surface area (TPSA) is 12.9 Å². The molecular weight excluding hydrogens is 290 g/mol. The van der Waals surface area contributed by atoms with Gasteiger partial charge in [0, 0.05) is 0 Å². The SMILES string of the molecule is Br.c1csc(-c2nc3ccccc3s2)c1. The average Bonchev–Trinajstić information content (AvgIpc) is 2.86. The zero-order valence-corrected chi connectivity index (χ0v) is 11.1. The highest BCUT2D eigenvalue weighted by Crippen LogP contribution is 2.32. The van der Waals surface area contributed by atoms with E-state index in [0.29, 0.717) is 0 Å². The Morgan fingerprint density at radius 1 is 1.00 bits per heavy atom. The number of benzene rings is 1. The van der Waals surface area contributed by atoms with Gasteiger partial charge in [0.25, 0.3) is 0 Å². The van der Waals surface area contributed by atoms with E-state index in [1.54, 1.807) is 22.7 Å². The van der Waals surface area contributed by atoms with E-state index in [0.717, 1.165) is 10.5 Å². The van der Waals surface area contributed by atoms with Crippen LogP contribution in [-0.2, 0) is 0 Å². The lowest BCUT2D eigenvalue weighted by Gasteiger charge is -1.84. The molecule has 0 amide bonds. The largest absolute Gasteiger partial charge is 0.235 e. The van der Waals surface area contributed by atoms with Crippen molar-refractivity contribution in [2.24, 2.45) is 0 Å². The van der Waals surface area contributed by atoms with Gasteiger partial charge in [-0.25, -0.2) is 4.98 Å². The Morgan fingerprint density at radius 2 is 1.87 bits per heavy atom. The number of nitrogens with zero attached hydrogens (tertiary/aromatic N) is 1. The molecule has 0 unspecified atom stereocenters. The van der Waals surface area contributed by atoms with E-state index >= 15 is 0 Å². The summed E-state index contributed by atoms with van der Waals surface area (Å²) >= 11 is 3.49. The predicted molar refractivity (Wildman–Crippen MR) is 73.3 cm³/mol. The molecule has 0 aliphatic rings. The third-order valence-corrected chi connectivity index (χ3v) is 4.10. The highest BCUT2D eigenvalue weighted by atomic mass is 79.9. The van der Waals surface area contributed by atoms with Crippen LogP contribution in [0.4, 0.5) is 0 Å². The molecule has 0 N–H and O–H groups in total. The molecule has 2 aromatic heterocycles. The van der Waals surface area contributed by atoms with Crippen LogP contribution in [0.5, 0.6) is 0 Å². The van der Waals surface area contributed by atoms with E-state index in [1.807, 2.05) is 6.07 Å². The molecule has 0 aliphatic carbocycles. The minimum atomic E-state index is 0.